The van der Waals surface area contributed by atoms with E-state index in [-0.39, 0.29) is 5.56 Å². The van der Waals surface area contributed by atoms with E-state index >= 15 is 0 Å². The average molecular weight is 270 g/mol. The van der Waals surface area contributed by atoms with Crippen LogP contribution >= 0.6 is 0 Å². The van der Waals surface area contributed by atoms with Gasteiger partial charge in [-0.1, -0.05) is 55.1 Å². The van der Waals surface area contributed by atoms with Crippen LogP contribution in [0.1, 0.15) is 23.6 Å². The minimum Gasteiger partial charge on any atom is -0.479 e. The number of rotatable bonds is 4. The van der Waals surface area contributed by atoms with Crippen molar-refractivity contribution in [3.8, 4) is 0 Å². The Kier molecular flexibility index (Phi) is 3.70. The van der Waals surface area contributed by atoms with Crippen LogP contribution in [0.3, 0.4) is 0 Å². The first-order valence-electron chi connectivity index (χ1n) is 6.20. The van der Waals surface area contributed by atoms with E-state index in [1.165, 1.54) is 12.1 Å². The molecule has 0 saturated carbocycles. The molecule has 102 valence electrons. The van der Waals surface area contributed by atoms with E-state index in [1.807, 2.05) is 30.3 Å². The van der Waals surface area contributed by atoms with E-state index in [1.54, 1.807) is 12.1 Å². The molecule has 0 bridgehead atoms. The van der Waals surface area contributed by atoms with Gasteiger partial charge in [0.05, 0.1) is 0 Å². The summed E-state index contributed by atoms with van der Waals surface area (Å²) in [6, 6.07) is 15.9. The van der Waals surface area contributed by atoms with Crippen LogP contribution in [-0.2, 0) is 10.5 Å². The number of carboxylic acids is 1. The van der Waals surface area contributed by atoms with Crippen LogP contribution in [0.25, 0.3) is 5.57 Å². The Morgan fingerprint density at radius 3 is 2.30 bits per heavy atom. The Morgan fingerprint density at radius 2 is 1.70 bits per heavy atom. The summed E-state index contributed by atoms with van der Waals surface area (Å²) < 4.78 is 14.2. The Morgan fingerprint density at radius 1 is 1.10 bits per heavy atom. The first-order chi connectivity index (χ1) is 9.43. The number of carbonyl (C=O) groups is 1. The predicted molar refractivity (Wildman–Crippen MR) is 77.1 cm³/mol. The van der Waals surface area contributed by atoms with Crippen LogP contribution in [0.4, 0.5) is 4.39 Å². The molecular formula is C17H15FO2. The topological polar surface area (TPSA) is 37.3 Å². The van der Waals surface area contributed by atoms with E-state index in [0.717, 1.165) is 18.1 Å². The van der Waals surface area contributed by atoms with Crippen molar-refractivity contribution >= 4 is 11.5 Å². The van der Waals surface area contributed by atoms with Gasteiger partial charge in [0.1, 0.15) is 0 Å². The van der Waals surface area contributed by atoms with Crippen LogP contribution in [0.5, 0.6) is 0 Å². The highest BCUT2D eigenvalue weighted by Gasteiger charge is 2.35. The minimum atomic E-state index is -2.41. The van der Waals surface area contributed by atoms with Gasteiger partial charge in [0.15, 0.2) is 0 Å². The molecule has 2 nitrogen and oxygen atoms in total. The molecule has 2 aromatic rings. The zero-order valence-corrected chi connectivity index (χ0v) is 11.1. The van der Waals surface area contributed by atoms with Crippen LogP contribution in [0.15, 0.2) is 61.2 Å². The highest BCUT2D eigenvalue weighted by Crippen LogP contribution is 2.29. The lowest BCUT2D eigenvalue weighted by molar-refractivity contribution is -0.150. The van der Waals surface area contributed by atoms with Crippen molar-refractivity contribution in [3.63, 3.8) is 0 Å². The monoisotopic (exact) mass is 270 g/mol. The fourth-order valence-electron chi connectivity index (χ4n) is 1.93. The van der Waals surface area contributed by atoms with Crippen LogP contribution < -0.4 is 0 Å². The lowest BCUT2D eigenvalue weighted by atomic mass is 9.92. The van der Waals surface area contributed by atoms with E-state index < -0.39 is 11.6 Å². The molecule has 2 rings (SSSR count). The van der Waals surface area contributed by atoms with Gasteiger partial charge in [-0.2, -0.15) is 0 Å². The second-order valence-corrected chi connectivity index (χ2v) is 4.73. The zero-order valence-electron chi connectivity index (χ0n) is 11.1. The molecule has 20 heavy (non-hydrogen) atoms. The number of halogens is 1. The number of aliphatic carboxylic acids is 1. The van der Waals surface area contributed by atoms with E-state index in [0.29, 0.717) is 5.56 Å². The molecule has 0 aliphatic carbocycles. The number of carboxylic acid groups (broad SMARTS) is 1. The maximum Gasteiger partial charge on any atom is 0.345 e. The number of benzene rings is 2. The largest absolute Gasteiger partial charge is 0.479 e. The van der Waals surface area contributed by atoms with Crippen LogP contribution in [-0.4, -0.2) is 11.1 Å². The molecule has 1 N–H and O–H groups in total. The highest BCUT2D eigenvalue weighted by molar-refractivity contribution is 5.81. The fraction of sp³-hybridized carbons (Fsp3) is 0.118. The van der Waals surface area contributed by atoms with Crippen LogP contribution in [0.2, 0.25) is 0 Å². The third-order valence-corrected chi connectivity index (χ3v) is 3.28. The van der Waals surface area contributed by atoms with Gasteiger partial charge in [-0.3, -0.25) is 0 Å². The first kappa shape index (κ1) is 14.0. The smallest absolute Gasteiger partial charge is 0.345 e. The number of hydrogen-bond donors (Lipinski definition) is 1. The third kappa shape index (κ3) is 2.62. The molecule has 0 aliphatic heterocycles. The van der Waals surface area contributed by atoms with E-state index in [9.17, 15) is 9.18 Å². The van der Waals surface area contributed by atoms with Gasteiger partial charge < -0.3 is 5.11 Å². The summed E-state index contributed by atoms with van der Waals surface area (Å²) in [5, 5.41) is 8.94. The van der Waals surface area contributed by atoms with Gasteiger partial charge in [0.25, 0.3) is 0 Å². The van der Waals surface area contributed by atoms with Crippen molar-refractivity contribution in [2.45, 2.75) is 12.6 Å². The second-order valence-electron chi connectivity index (χ2n) is 4.73. The lowest BCUT2D eigenvalue weighted by Crippen LogP contribution is -2.26. The maximum atomic E-state index is 14.2. The number of hydrogen-bond acceptors (Lipinski definition) is 1. The molecule has 0 saturated heterocycles. The first-order valence-corrected chi connectivity index (χ1v) is 6.20. The summed E-state index contributed by atoms with van der Waals surface area (Å²) in [7, 11) is 0. The standard InChI is InChI=1S/C17H15FO2/c1-12(13-7-4-3-5-8-13)14-9-6-10-15(11-14)17(2,18)16(19)20/h3-11H,1H2,2H3,(H,19,20). The molecule has 3 heteroatoms. The molecule has 0 amide bonds. The lowest BCUT2D eigenvalue weighted by Gasteiger charge is -2.17. The van der Waals surface area contributed by atoms with Gasteiger partial charge in [0.2, 0.25) is 5.67 Å². The summed E-state index contributed by atoms with van der Waals surface area (Å²) in [6.45, 7) is 5.03. The van der Waals surface area contributed by atoms with Crippen molar-refractivity contribution in [2.75, 3.05) is 0 Å². The van der Waals surface area contributed by atoms with Crippen molar-refractivity contribution < 1.29 is 14.3 Å². The summed E-state index contributed by atoms with van der Waals surface area (Å²) >= 11 is 0. The Balaban J connectivity index is 2.41. The van der Waals surface area contributed by atoms with E-state index in [2.05, 4.69) is 6.58 Å². The Hall–Kier alpha value is -2.42. The quantitative estimate of drug-likeness (QED) is 0.911. The van der Waals surface area contributed by atoms with Gasteiger partial charge in [-0.25, -0.2) is 9.18 Å². The zero-order chi connectivity index (χ0) is 14.8. The van der Waals surface area contributed by atoms with Crippen molar-refractivity contribution in [2.24, 2.45) is 0 Å². The Labute approximate surface area is 117 Å². The average Bonchev–Trinajstić information content (AvgIpc) is 2.47. The fourth-order valence-corrected chi connectivity index (χ4v) is 1.93. The SMILES string of the molecule is C=C(c1ccccc1)c1cccc(C(C)(F)C(=O)O)c1. The van der Waals surface area contributed by atoms with Gasteiger partial charge in [-0.15, -0.1) is 0 Å². The normalized spacial score (nSPS) is 13.5. The Bertz CT molecular complexity index is 645. The summed E-state index contributed by atoms with van der Waals surface area (Å²) in [6.07, 6.45) is 0. The molecule has 0 spiro atoms. The molecular weight excluding hydrogens is 255 g/mol. The maximum absolute atomic E-state index is 14.2. The van der Waals surface area contributed by atoms with Crippen molar-refractivity contribution in [1.29, 1.82) is 0 Å². The molecule has 2 aromatic carbocycles. The molecule has 0 fully saturated rings. The molecule has 1 unspecified atom stereocenters. The van der Waals surface area contributed by atoms with Gasteiger partial charge in [-0.05, 0) is 29.7 Å². The number of alkyl halides is 1. The van der Waals surface area contributed by atoms with Crippen molar-refractivity contribution in [3.05, 3.63) is 77.9 Å². The second kappa shape index (κ2) is 5.29. The molecule has 0 aromatic heterocycles. The van der Waals surface area contributed by atoms with Crippen LogP contribution in [0, 0.1) is 0 Å². The molecule has 0 aliphatic rings. The summed E-state index contributed by atoms with van der Waals surface area (Å²) in [4.78, 5) is 11.0. The van der Waals surface area contributed by atoms with E-state index in [4.69, 9.17) is 5.11 Å². The molecule has 0 heterocycles. The highest BCUT2D eigenvalue weighted by atomic mass is 19.1. The van der Waals surface area contributed by atoms with Gasteiger partial charge >= 0.3 is 5.97 Å². The molecule has 0 radical (unpaired) electrons. The predicted octanol–water partition coefficient (Wildman–Crippen LogP) is 4.02. The van der Waals surface area contributed by atoms with Crippen molar-refractivity contribution in [1.82, 2.24) is 0 Å². The summed E-state index contributed by atoms with van der Waals surface area (Å²) in [5.74, 6) is -1.50. The molecule has 1 atom stereocenters. The summed E-state index contributed by atoms with van der Waals surface area (Å²) in [5.41, 5.74) is 0.0556. The third-order valence-electron chi connectivity index (χ3n) is 3.28. The minimum absolute atomic E-state index is 0.111. The van der Waals surface area contributed by atoms with Gasteiger partial charge in [0, 0.05) is 5.56 Å².